The summed E-state index contributed by atoms with van der Waals surface area (Å²) in [5.74, 6) is -0.540. The highest BCUT2D eigenvalue weighted by Gasteiger charge is 2.12. The molecule has 0 saturated carbocycles. The van der Waals surface area contributed by atoms with Gasteiger partial charge in [-0.1, -0.05) is 12.1 Å². The summed E-state index contributed by atoms with van der Waals surface area (Å²) in [6, 6.07) is 8.34. The van der Waals surface area contributed by atoms with Crippen LogP contribution in [0.1, 0.15) is 10.4 Å². The Morgan fingerprint density at radius 3 is 2.84 bits per heavy atom. The molecule has 0 saturated heterocycles. The lowest BCUT2D eigenvalue weighted by atomic mass is 10.1. The molecule has 0 N–H and O–H groups in total. The highest BCUT2D eigenvalue weighted by Crippen LogP contribution is 2.17. The number of pyridine rings is 1. The highest BCUT2D eigenvalue weighted by molar-refractivity contribution is 5.95. The Morgan fingerprint density at radius 2 is 2.05 bits per heavy atom. The molecule has 0 aliphatic heterocycles. The second-order valence-electron chi connectivity index (χ2n) is 4.00. The lowest BCUT2D eigenvalue weighted by molar-refractivity contribution is 0.0600. The van der Waals surface area contributed by atoms with Gasteiger partial charge in [-0.3, -0.25) is 4.79 Å². The maximum absolute atomic E-state index is 12.3. The van der Waals surface area contributed by atoms with Gasteiger partial charge in [-0.15, -0.1) is 0 Å². The second-order valence-corrected chi connectivity index (χ2v) is 4.00. The number of benzene rings is 1. The van der Waals surface area contributed by atoms with Crippen LogP contribution >= 0.6 is 0 Å². The summed E-state index contributed by atoms with van der Waals surface area (Å²) in [7, 11) is 1.27. The van der Waals surface area contributed by atoms with Crippen molar-refractivity contribution in [3.05, 3.63) is 52.3 Å². The minimum atomic E-state index is -0.540. The van der Waals surface area contributed by atoms with Crippen molar-refractivity contribution in [2.24, 2.45) is 0 Å². The van der Waals surface area contributed by atoms with E-state index in [1.54, 1.807) is 24.3 Å². The van der Waals surface area contributed by atoms with Crippen molar-refractivity contribution in [3.8, 4) is 0 Å². The molecule has 2 heterocycles. The zero-order valence-electron chi connectivity index (χ0n) is 10.0. The molecule has 0 radical (unpaired) electrons. The molecular weight excluding hydrogens is 246 g/mol. The predicted octanol–water partition coefficient (Wildman–Crippen LogP) is 2.13. The van der Waals surface area contributed by atoms with Crippen LogP contribution in [0, 0.1) is 0 Å². The fraction of sp³-hybridized carbons (Fsp3) is 0.0714. The van der Waals surface area contributed by atoms with Crippen LogP contribution < -0.4 is 5.43 Å². The van der Waals surface area contributed by atoms with Gasteiger partial charge < -0.3 is 9.15 Å². The molecule has 1 aromatic carbocycles. The van der Waals surface area contributed by atoms with Crippen LogP contribution in [0.3, 0.4) is 0 Å². The average molecular weight is 255 g/mol. The van der Waals surface area contributed by atoms with Gasteiger partial charge in [0.05, 0.1) is 23.4 Å². The van der Waals surface area contributed by atoms with Crippen LogP contribution in [0.2, 0.25) is 0 Å². The third-order valence-corrected chi connectivity index (χ3v) is 2.86. The van der Waals surface area contributed by atoms with E-state index in [9.17, 15) is 9.59 Å². The van der Waals surface area contributed by atoms with E-state index in [-0.39, 0.29) is 22.1 Å². The van der Waals surface area contributed by atoms with Gasteiger partial charge in [0.1, 0.15) is 5.58 Å². The molecule has 0 unspecified atom stereocenters. The van der Waals surface area contributed by atoms with Gasteiger partial charge in [0, 0.05) is 6.20 Å². The van der Waals surface area contributed by atoms with Gasteiger partial charge in [-0.25, -0.2) is 9.78 Å². The van der Waals surface area contributed by atoms with E-state index < -0.39 is 5.97 Å². The molecule has 0 amide bonds. The number of rotatable bonds is 1. The molecule has 5 heteroatoms. The Balaban J connectivity index is 2.40. The van der Waals surface area contributed by atoms with E-state index in [1.807, 2.05) is 0 Å². The maximum Gasteiger partial charge on any atom is 0.339 e. The highest BCUT2D eigenvalue weighted by atomic mass is 16.5. The largest absolute Gasteiger partial charge is 0.465 e. The van der Waals surface area contributed by atoms with Crippen LogP contribution in [-0.4, -0.2) is 18.1 Å². The first kappa shape index (κ1) is 11.4. The first-order chi connectivity index (χ1) is 9.20. The number of nitrogens with zero attached hydrogens (tertiary/aromatic N) is 1. The lowest BCUT2D eigenvalue weighted by Gasteiger charge is -2.02. The summed E-state index contributed by atoms with van der Waals surface area (Å²) in [6.45, 7) is 0. The Labute approximate surface area is 107 Å². The molecule has 19 heavy (non-hydrogen) atoms. The van der Waals surface area contributed by atoms with E-state index >= 15 is 0 Å². The number of fused-ring (bicyclic) bond motifs is 2. The van der Waals surface area contributed by atoms with E-state index in [0.717, 1.165) is 0 Å². The lowest BCUT2D eigenvalue weighted by Crippen LogP contribution is -2.07. The van der Waals surface area contributed by atoms with E-state index in [2.05, 4.69) is 9.72 Å². The Morgan fingerprint density at radius 1 is 1.26 bits per heavy atom. The predicted molar refractivity (Wildman–Crippen MR) is 69.1 cm³/mol. The monoisotopic (exact) mass is 255 g/mol. The molecule has 94 valence electrons. The number of aromatic nitrogens is 1. The van der Waals surface area contributed by atoms with Crippen molar-refractivity contribution in [1.82, 2.24) is 4.98 Å². The summed E-state index contributed by atoms with van der Waals surface area (Å²) in [6.07, 6.45) is 1.33. The SMILES string of the molecule is COC(=O)c1cnc2oc3ccccc3c(=O)c2c1. The van der Waals surface area contributed by atoms with Crippen molar-refractivity contribution in [2.75, 3.05) is 7.11 Å². The minimum absolute atomic E-state index is 0.205. The molecule has 0 bridgehead atoms. The molecular formula is C14H9NO4. The molecule has 5 nitrogen and oxygen atoms in total. The summed E-state index contributed by atoms with van der Waals surface area (Å²) in [5, 5.41) is 0.723. The Hall–Kier alpha value is -2.69. The zero-order valence-corrected chi connectivity index (χ0v) is 10.0. The first-order valence-electron chi connectivity index (χ1n) is 5.60. The van der Waals surface area contributed by atoms with Crippen molar-refractivity contribution in [1.29, 1.82) is 0 Å². The van der Waals surface area contributed by atoms with Gasteiger partial charge in [-0.05, 0) is 18.2 Å². The van der Waals surface area contributed by atoms with Crippen LogP contribution in [0.4, 0.5) is 0 Å². The summed E-state index contributed by atoms with van der Waals surface area (Å²) in [5.41, 5.74) is 0.683. The van der Waals surface area contributed by atoms with E-state index in [1.165, 1.54) is 19.4 Å². The van der Waals surface area contributed by atoms with Crippen molar-refractivity contribution < 1.29 is 13.9 Å². The number of methoxy groups -OCH3 is 1. The summed E-state index contributed by atoms with van der Waals surface area (Å²) >= 11 is 0. The fourth-order valence-electron chi connectivity index (χ4n) is 1.92. The third-order valence-electron chi connectivity index (χ3n) is 2.86. The molecule has 0 aliphatic carbocycles. The molecule has 0 spiro atoms. The maximum atomic E-state index is 12.3. The number of carbonyl (C=O) groups excluding carboxylic acids is 1. The molecule has 0 aliphatic rings. The average Bonchev–Trinajstić information content (AvgIpc) is 2.46. The van der Waals surface area contributed by atoms with Crippen LogP contribution in [0.5, 0.6) is 0 Å². The number of para-hydroxylation sites is 1. The minimum Gasteiger partial charge on any atom is -0.465 e. The molecule has 3 aromatic rings. The number of hydrogen-bond donors (Lipinski definition) is 0. The van der Waals surface area contributed by atoms with Gasteiger partial charge in [-0.2, -0.15) is 0 Å². The standard InChI is InChI=1S/C14H9NO4/c1-18-14(17)8-6-10-12(16)9-4-2-3-5-11(9)19-13(10)15-7-8/h2-7H,1H3. The van der Waals surface area contributed by atoms with Crippen LogP contribution in [-0.2, 0) is 4.74 Å². The fourth-order valence-corrected chi connectivity index (χ4v) is 1.92. The zero-order chi connectivity index (χ0) is 13.4. The van der Waals surface area contributed by atoms with E-state index in [0.29, 0.717) is 11.0 Å². The van der Waals surface area contributed by atoms with Crippen LogP contribution in [0.15, 0.2) is 45.7 Å². The Kier molecular flexibility index (Phi) is 2.52. The molecule has 2 aromatic heterocycles. The Bertz CT molecular complexity index is 851. The van der Waals surface area contributed by atoms with Gasteiger partial charge in [0.2, 0.25) is 11.1 Å². The van der Waals surface area contributed by atoms with Crippen molar-refractivity contribution in [3.63, 3.8) is 0 Å². The van der Waals surface area contributed by atoms with Crippen molar-refractivity contribution >= 4 is 28.0 Å². The van der Waals surface area contributed by atoms with Gasteiger partial charge in [0.25, 0.3) is 0 Å². The molecule has 0 atom stereocenters. The summed E-state index contributed by atoms with van der Waals surface area (Å²) in [4.78, 5) is 27.7. The number of ether oxygens (including phenoxy) is 1. The summed E-state index contributed by atoms with van der Waals surface area (Å²) < 4.78 is 10.1. The van der Waals surface area contributed by atoms with Gasteiger partial charge >= 0.3 is 5.97 Å². The third kappa shape index (κ3) is 1.76. The number of hydrogen-bond acceptors (Lipinski definition) is 5. The number of carbonyl (C=O) groups is 1. The smallest absolute Gasteiger partial charge is 0.339 e. The quantitative estimate of drug-likeness (QED) is 0.492. The van der Waals surface area contributed by atoms with Crippen molar-refractivity contribution in [2.45, 2.75) is 0 Å². The topological polar surface area (TPSA) is 69.4 Å². The van der Waals surface area contributed by atoms with Crippen LogP contribution in [0.25, 0.3) is 22.1 Å². The second kappa shape index (κ2) is 4.20. The van der Waals surface area contributed by atoms with E-state index in [4.69, 9.17) is 4.42 Å². The number of esters is 1. The molecule has 0 fully saturated rings. The first-order valence-corrected chi connectivity index (χ1v) is 5.60. The van der Waals surface area contributed by atoms with Gasteiger partial charge in [0.15, 0.2) is 0 Å². The molecule has 3 rings (SSSR count). The normalized spacial score (nSPS) is 10.8.